The van der Waals surface area contributed by atoms with Gasteiger partial charge in [-0.25, -0.2) is 0 Å². The van der Waals surface area contributed by atoms with Crippen LogP contribution in [0.3, 0.4) is 0 Å². The largest absolute Gasteiger partial charge is 0.470 e. The van der Waals surface area contributed by atoms with Gasteiger partial charge in [-0.05, 0) is 13.0 Å². The number of anilines is 1. The van der Waals surface area contributed by atoms with Crippen LogP contribution in [0, 0.1) is 6.92 Å². The molecule has 0 aliphatic carbocycles. The first-order valence-electron chi connectivity index (χ1n) is 4.19. The molecule has 0 saturated carbocycles. The molecule has 1 aliphatic rings. The number of aryl methyl sites for hydroxylation is 1. The van der Waals surface area contributed by atoms with E-state index in [4.69, 9.17) is 4.74 Å². The van der Waals surface area contributed by atoms with Crippen molar-refractivity contribution in [2.45, 2.75) is 20.8 Å². The number of hydrogen-bond donors (Lipinski definition) is 1. The van der Waals surface area contributed by atoms with Crippen molar-refractivity contribution in [3.05, 3.63) is 18.0 Å². The highest BCUT2D eigenvalue weighted by atomic mass is 16.5. The van der Waals surface area contributed by atoms with Gasteiger partial charge in [0.1, 0.15) is 0 Å². The van der Waals surface area contributed by atoms with Crippen LogP contribution in [0.5, 0.6) is 5.75 Å². The molecule has 0 unspecified atom stereocenters. The summed E-state index contributed by atoms with van der Waals surface area (Å²) in [6.45, 7) is 6.53. The topological polar surface area (TPSA) is 34.1 Å². The zero-order chi connectivity index (χ0) is 8.97. The molecule has 0 saturated heterocycles. The number of ether oxygens (including phenoxy) is 1. The van der Waals surface area contributed by atoms with Crippen LogP contribution >= 0.6 is 0 Å². The highest BCUT2D eigenvalue weighted by molar-refractivity contribution is 5.58. The lowest BCUT2D eigenvalue weighted by Crippen LogP contribution is -1.96. The van der Waals surface area contributed by atoms with Crippen molar-refractivity contribution in [3.8, 4) is 5.75 Å². The predicted molar refractivity (Wildman–Crippen MR) is 49.4 cm³/mol. The zero-order valence-corrected chi connectivity index (χ0v) is 7.72. The van der Waals surface area contributed by atoms with Crippen molar-refractivity contribution in [2.75, 3.05) is 12.0 Å². The van der Waals surface area contributed by atoms with Crippen molar-refractivity contribution in [1.29, 1.82) is 0 Å². The summed E-state index contributed by atoms with van der Waals surface area (Å²) in [4.78, 5) is 4.09. The fourth-order valence-corrected chi connectivity index (χ4v) is 0.992. The van der Waals surface area contributed by atoms with Gasteiger partial charge in [-0.15, -0.1) is 0 Å². The van der Waals surface area contributed by atoms with Crippen molar-refractivity contribution >= 4 is 5.69 Å². The second-order valence-corrected chi connectivity index (χ2v) is 2.29. The number of nitrogens with zero attached hydrogens (tertiary/aromatic N) is 1. The first-order valence-corrected chi connectivity index (χ1v) is 4.19. The molecule has 3 heteroatoms. The average Bonchev–Trinajstić information content (AvgIpc) is 2.54. The Morgan fingerprint density at radius 2 is 2.25 bits per heavy atom. The molecule has 3 nitrogen and oxygen atoms in total. The smallest absolute Gasteiger partial charge is 0.163 e. The molecule has 1 aromatic rings. The molecule has 0 atom stereocenters. The van der Waals surface area contributed by atoms with Crippen LogP contribution in [0.1, 0.15) is 19.5 Å². The van der Waals surface area contributed by atoms with E-state index in [0.29, 0.717) is 6.73 Å². The van der Waals surface area contributed by atoms with Gasteiger partial charge in [-0.1, -0.05) is 13.8 Å². The van der Waals surface area contributed by atoms with Gasteiger partial charge in [0.2, 0.25) is 0 Å². The summed E-state index contributed by atoms with van der Waals surface area (Å²) < 4.78 is 5.18. The van der Waals surface area contributed by atoms with Gasteiger partial charge in [-0.3, -0.25) is 4.98 Å². The summed E-state index contributed by atoms with van der Waals surface area (Å²) in [6.07, 6.45) is 1.74. The summed E-state index contributed by atoms with van der Waals surface area (Å²) in [6, 6.07) is 1.97. The maximum atomic E-state index is 5.18. The van der Waals surface area contributed by atoms with Crippen molar-refractivity contribution in [1.82, 2.24) is 4.98 Å². The molecule has 0 spiro atoms. The average molecular weight is 166 g/mol. The Bertz CT molecular complexity index is 261. The zero-order valence-electron chi connectivity index (χ0n) is 7.72. The maximum absolute atomic E-state index is 5.18. The van der Waals surface area contributed by atoms with E-state index in [9.17, 15) is 0 Å². The third-order valence-electron chi connectivity index (χ3n) is 1.49. The minimum Gasteiger partial charge on any atom is -0.470 e. The second-order valence-electron chi connectivity index (χ2n) is 2.29. The van der Waals surface area contributed by atoms with Crippen LogP contribution in [0.25, 0.3) is 0 Å². The van der Waals surface area contributed by atoms with Crippen LogP contribution in [-0.2, 0) is 0 Å². The molecule has 0 aromatic carbocycles. The van der Waals surface area contributed by atoms with Crippen LogP contribution in [0.2, 0.25) is 0 Å². The third-order valence-corrected chi connectivity index (χ3v) is 1.49. The monoisotopic (exact) mass is 166 g/mol. The van der Waals surface area contributed by atoms with E-state index in [-0.39, 0.29) is 0 Å². The van der Waals surface area contributed by atoms with Crippen molar-refractivity contribution in [2.24, 2.45) is 0 Å². The first-order chi connectivity index (χ1) is 5.86. The molecule has 2 rings (SSSR count). The molecule has 2 heterocycles. The Morgan fingerprint density at radius 3 is 3.00 bits per heavy atom. The van der Waals surface area contributed by atoms with Gasteiger partial charge in [0, 0.05) is 5.69 Å². The van der Waals surface area contributed by atoms with Crippen molar-refractivity contribution in [3.63, 3.8) is 0 Å². The van der Waals surface area contributed by atoms with Crippen LogP contribution < -0.4 is 10.1 Å². The lowest BCUT2D eigenvalue weighted by molar-refractivity contribution is 0.371. The van der Waals surface area contributed by atoms with E-state index in [1.807, 2.05) is 26.8 Å². The Kier molecular flexibility index (Phi) is 2.91. The molecular weight excluding hydrogens is 152 g/mol. The molecule has 0 fully saturated rings. The van der Waals surface area contributed by atoms with Gasteiger partial charge in [0.05, 0.1) is 11.9 Å². The second kappa shape index (κ2) is 3.95. The summed E-state index contributed by atoms with van der Waals surface area (Å²) in [7, 11) is 0. The molecule has 0 radical (unpaired) electrons. The van der Waals surface area contributed by atoms with E-state index >= 15 is 0 Å². The van der Waals surface area contributed by atoms with Crippen LogP contribution in [0.4, 0.5) is 5.69 Å². The van der Waals surface area contributed by atoms with Crippen molar-refractivity contribution < 1.29 is 4.74 Å². The molecule has 1 N–H and O–H groups in total. The van der Waals surface area contributed by atoms with E-state index < -0.39 is 0 Å². The summed E-state index contributed by atoms with van der Waals surface area (Å²) in [5.41, 5.74) is 2.06. The molecule has 66 valence electrons. The van der Waals surface area contributed by atoms with E-state index in [2.05, 4.69) is 10.3 Å². The normalized spacial score (nSPS) is 11.9. The number of fused-ring (bicyclic) bond motifs is 1. The number of pyridine rings is 1. The predicted octanol–water partition coefficient (Wildman–Crippen LogP) is 2.18. The molecule has 1 aromatic heterocycles. The Balaban J connectivity index is 0.000000336. The number of nitrogens with one attached hydrogen (secondary N) is 1. The maximum Gasteiger partial charge on any atom is 0.163 e. The number of aromatic nitrogens is 1. The van der Waals surface area contributed by atoms with Crippen LogP contribution in [0.15, 0.2) is 12.3 Å². The fourth-order valence-electron chi connectivity index (χ4n) is 0.992. The fraction of sp³-hybridized carbons (Fsp3) is 0.444. The van der Waals surface area contributed by atoms with E-state index in [1.54, 1.807) is 6.20 Å². The van der Waals surface area contributed by atoms with Gasteiger partial charge in [0.15, 0.2) is 12.5 Å². The van der Waals surface area contributed by atoms with Gasteiger partial charge < -0.3 is 10.1 Å². The molecule has 0 amide bonds. The minimum atomic E-state index is 0.570. The van der Waals surface area contributed by atoms with Gasteiger partial charge >= 0.3 is 0 Å². The number of hydrogen-bond acceptors (Lipinski definition) is 3. The standard InChI is InChI=1S/C7H8N2O.C2H6/c1-5-2-6-7(3-8-5)10-4-9-6;1-2/h2-3,9H,4H2,1H3;1-2H3. The minimum absolute atomic E-state index is 0.570. The van der Waals surface area contributed by atoms with E-state index in [1.165, 1.54) is 0 Å². The summed E-state index contributed by atoms with van der Waals surface area (Å²) in [5, 5.41) is 3.08. The SMILES string of the molecule is CC.Cc1cc2c(cn1)OCN2. The van der Waals surface area contributed by atoms with E-state index in [0.717, 1.165) is 17.1 Å². The Labute approximate surface area is 72.8 Å². The lowest BCUT2D eigenvalue weighted by Gasteiger charge is -1.95. The quantitative estimate of drug-likeness (QED) is 0.641. The molecule has 1 aliphatic heterocycles. The Morgan fingerprint density at radius 1 is 1.50 bits per heavy atom. The number of rotatable bonds is 0. The summed E-state index contributed by atoms with van der Waals surface area (Å²) >= 11 is 0. The summed E-state index contributed by atoms with van der Waals surface area (Å²) in [5.74, 6) is 0.852. The molecular formula is C9H14N2O. The van der Waals surface area contributed by atoms with Gasteiger partial charge in [-0.2, -0.15) is 0 Å². The van der Waals surface area contributed by atoms with Gasteiger partial charge in [0.25, 0.3) is 0 Å². The highest BCUT2D eigenvalue weighted by Crippen LogP contribution is 2.27. The lowest BCUT2D eigenvalue weighted by atomic mass is 10.3. The Hall–Kier alpha value is -1.25. The highest BCUT2D eigenvalue weighted by Gasteiger charge is 2.09. The molecule has 0 bridgehead atoms. The third kappa shape index (κ3) is 1.67. The molecule has 12 heavy (non-hydrogen) atoms. The first kappa shape index (κ1) is 8.84. The van der Waals surface area contributed by atoms with Crippen LogP contribution in [-0.4, -0.2) is 11.7 Å².